The Kier molecular flexibility index (Phi) is 8.47. The van der Waals surface area contributed by atoms with Gasteiger partial charge in [-0.05, 0) is 30.4 Å². The fraction of sp³-hybridized carbons (Fsp3) is 0.400. The summed E-state index contributed by atoms with van der Waals surface area (Å²) in [4.78, 5) is 2.48. The number of nitrogens with zero attached hydrogens (tertiary/aromatic N) is 3. The van der Waals surface area contributed by atoms with Gasteiger partial charge >= 0.3 is 0 Å². The zero-order chi connectivity index (χ0) is 20.3. The number of hydrogen-bond donors (Lipinski definition) is 0. The molecule has 4 heteroatoms. The fourth-order valence-electron chi connectivity index (χ4n) is 3.90. The highest BCUT2D eigenvalue weighted by molar-refractivity contribution is 5.64. The highest BCUT2D eigenvalue weighted by Gasteiger charge is 2.24. The lowest BCUT2D eigenvalue weighted by atomic mass is 10.1. The van der Waals surface area contributed by atoms with Crippen LogP contribution >= 0.6 is 0 Å². The minimum absolute atomic E-state index is 0.191. The van der Waals surface area contributed by atoms with Gasteiger partial charge in [-0.25, -0.2) is 0 Å². The van der Waals surface area contributed by atoms with Gasteiger partial charge in [0.15, 0.2) is 0 Å². The first-order valence-corrected chi connectivity index (χ1v) is 10.5. The van der Waals surface area contributed by atoms with Crippen LogP contribution in [0.15, 0.2) is 78.4 Å². The number of methoxy groups -OCH3 is 1. The highest BCUT2D eigenvalue weighted by atomic mass is 16.5. The molecular weight excluding hydrogens is 358 g/mol. The van der Waals surface area contributed by atoms with E-state index in [1.165, 1.54) is 17.5 Å². The van der Waals surface area contributed by atoms with Crippen molar-refractivity contribution in [2.45, 2.75) is 44.4 Å². The van der Waals surface area contributed by atoms with Crippen LogP contribution in [0.3, 0.4) is 0 Å². The zero-order valence-electron chi connectivity index (χ0n) is 17.5. The van der Waals surface area contributed by atoms with Gasteiger partial charge in [0, 0.05) is 33.0 Å². The van der Waals surface area contributed by atoms with Crippen LogP contribution in [-0.4, -0.2) is 48.5 Å². The molecule has 0 bridgehead atoms. The fourth-order valence-corrected chi connectivity index (χ4v) is 3.90. The first-order chi connectivity index (χ1) is 14.3. The molecule has 0 N–H and O–H groups in total. The van der Waals surface area contributed by atoms with Crippen LogP contribution in [0.4, 0.5) is 0 Å². The molecule has 0 unspecified atom stereocenters. The van der Waals surface area contributed by atoms with E-state index in [1.54, 1.807) is 7.11 Å². The quantitative estimate of drug-likeness (QED) is 0.409. The van der Waals surface area contributed by atoms with Crippen LogP contribution in [0.2, 0.25) is 0 Å². The second-order valence-electron chi connectivity index (χ2n) is 7.65. The van der Waals surface area contributed by atoms with Crippen molar-refractivity contribution in [1.29, 1.82) is 0 Å². The smallest absolute Gasteiger partial charge is 0.0704 e. The third kappa shape index (κ3) is 6.55. The second kappa shape index (κ2) is 11.5. The van der Waals surface area contributed by atoms with Crippen molar-refractivity contribution in [3.63, 3.8) is 0 Å². The summed E-state index contributed by atoms with van der Waals surface area (Å²) >= 11 is 0. The maximum absolute atomic E-state index is 5.37. The molecule has 154 valence electrons. The van der Waals surface area contributed by atoms with E-state index in [1.807, 2.05) is 6.08 Å². The zero-order valence-corrected chi connectivity index (χ0v) is 17.5. The number of rotatable bonds is 11. The SMILES string of the molecule is C=CC[C@@H](/C=N/N1CCC[C@H]1COC)N(Cc1ccccc1)Cc1ccccc1. The summed E-state index contributed by atoms with van der Waals surface area (Å²) in [6, 6.07) is 21.9. The molecule has 29 heavy (non-hydrogen) atoms. The lowest BCUT2D eigenvalue weighted by Crippen LogP contribution is -2.37. The van der Waals surface area contributed by atoms with Gasteiger partial charge in [-0.1, -0.05) is 66.7 Å². The molecule has 0 amide bonds. The van der Waals surface area contributed by atoms with Crippen LogP contribution in [0.5, 0.6) is 0 Å². The molecule has 0 aliphatic carbocycles. The van der Waals surface area contributed by atoms with E-state index in [0.29, 0.717) is 6.04 Å². The Hall–Kier alpha value is -2.43. The van der Waals surface area contributed by atoms with Crippen LogP contribution in [0.1, 0.15) is 30.4 Å². The highest BCUT2D eigenvalue weighted by Crippen LogP contribution is 2.19. The lowest BCUT2D eigenvalue weighted by Gasteiger charge is -2.30. The maximum Gasteiger partial charge on any atom is 0.0704 e. The van der Waals surface area contributed by atoms with Crippen LogP contribution < -0.4 is 0 Å². The molecule has 2 aromatic carbocycles. The predicted octanol–water partition coefficient (Wildman–Crippen LogP) is 4.73. The first-order valence-electron chi connectivity index (χ1n) is 10.5. The van der Waals surface area contributed by atoms with Gasteiger partial charge in [0.25, 0.3) is 0 Å². The predicted molar refractivity (Wildman–Crippen MR) is 121 cm³/mol. The molecule has 0 spiro atoms. The number of hydrogen-bond acceptors (Lipinski definition) is 4. The molecule has 1 fully saturated rings. The van der Waals surface area contributed by atoms with Crippen LogP contribution in [-0.2, 0) is 17.8 Å². The molecule has 1 aliphatic heterocycles. The van der Waals surface area contributed by atoms with Crippen molar-refractivity contribution in [2.24, 2.45) is 5.10 Å². The molecule has 2 atom stereocenters. The first kappa shape index (κ1) is 21.3. The standard InChI is InChI=1S/C25H33N3O/c1-3-11-24(18-26-28-17-10-16-25(28)21-29-2)27(19-22-12-6-4-7-13-22)20-23-14-8-5-9-15-23/h3-9,12-15,18,24-25H,1,10-11,16-17,19-21H2,2H3/b26-18+/t24-,25-/m0/s1. The third-order valence-electron chi connectivity index (χ3n) is 5.43. The van der Waals surface area contributed by atoms with Crippen LogP contribution in [0, 0.1) is 0 Å². The summed E-state index contributed by atoms with van der Waals surface area (Å²) in [5, 5.41) is 7.08. The van der Waals surface area contributed by atoms with Gasteiger partial charge < -0.3 is 4.74 Å². The Morgan fingerprint density at radius 1 is 1.10 bits per heavy atom. The molecular formula is C25H33N3O. The number of ether oxygens (including phenoxy) is 1. The van der Waals surface area contributed by atoms with Crippen molar-refractivity contribution >= 4 is 6.21 Å². The maximum atomic E-state index is 5.37. The molecule has 3 rings (SSSR count). The minimum Gasteiger partial charge on any atom is -0.382 e. The average molecular weight is 392 g/mol. The van der Waals surface area contributed by atoms with E-state index in [2.05, 4.69) is 83.4 Å². The molecule has 0 saturated carbocycles. The van der Waals surface area contributed by atoms with Gasteiger partial charge in [-0.15, -0.1) is 6.58 Å². The van der Waals surface area contributed by atoms with Crippen molar-refractivity contribution in [3.05, 3.63) is 84.4 Å². The number of hydrazone groups is 1. The Bertz CT molecular complexity index is 706. The topological polar surface area (TPSA) is 28.1 Å². The van der Waals surface area contributed by atoms with Gasteiger partial charge in [0.1, 0.15) is 0 Å². The van der Waals surface area contributed by atoms with Crippen molar-refractivity contribution in [2.75, 3.05) is 20.3 Å². The Labute approximate surface area is 175 Å². The summed E-state index contributed by atoms with van der Waals surface area (Å²) in [5.41, 5.74) is 2.62. The largest absolute Gasteiger partial charge is 0.382 e. The van der Waals surface area contributed by atoms with E-state index in [9.17, 15) is 0 Å². The molecule has 0 radical (unpaired) electrons. The van der Waals surface area contributed by atoms with E-state index in [0.717, 1.165) is 39.1 Å². The van der Waals surface area contributed by atoms with Gasteiger partial charge in [0.05, 0.1) is 18.7 Å². The summed E-state index contributed by atoms with van der Waals surface area (Å²) < 4.78 is 5.37. The third-order valence-corrected chi connectivity index (χ3v) is 5.43. The monoisotopic (exact) mass is 391 g/mol. The summed E-state index contributed by atoms with van der Waals surface area (Å²) in [7, 11) is 1.77. The lowest BCUT2D eigenvalue weighted by molar-refractivity contribution is 0.117. The molecule has 2 aromatic rings. The van der Waals surface area contributed by atoms with Gasteiger partial charge in [0.2, 0.25) is 0 Å². The molecule has 0 aromatic heterocycles. The summed E-state index contributed by atoms with van der Waals surface area (Å²) in [6.45, 7) is 7.49. The Morgan fingerprint density at radius 3 is 2.28 bits per heavy atom. The van der Waals surface area contributed by atoms with E-state index in [4.69, 9.17) is 9.84 Å². The molecule has 1 aliphatic rings. The van der Waals surface area contributed by atoms with E-state index in [-0.39, 0.29) is 6.04 Å². The normalized spacial score (nSPS) is 17.9. The summed E-state index contributed by atoms with van der Waals surface area (Å²) in [6.07, 6.45) is 7.30. The summed E-state index contributed by atoms with van der Waals surface area (Å²) in [5.74, 6) is 0. The van der Waals surface area contributed by atoms with E-state index >= 15 is 0 Å². The average Bonchev–Trinajstić information content (AvgIpc) is 3.19. The van der Waals surface area contributed by atoms with Crippen molar-refractivity contribution < 1.29 is 4.74 Å². The van der Waals surface area contributed by atoms with Gasteiger partial charge in [-0.3, -0.25) is 9.91 Å². The van der Waals surface area contributed by atoms with Crippen LogP contribution in [0.25, 0.3) is 0 Å². The molecule has 1 heterocycles. The van der Waals surface area contributed by atoms with Crippen molar-refractivity contribution in [3.8, 4) is 0 Å². The molecule has 4 nitrogen and oxygen atoms in total. The number of benzene rings is 2. The Balaban J connectivity index is 1.78. The minimum atomic E-state index is 0.191. The van der Waals surface area contributed by atoms with Gasteiger partial charge in [-0.2, -0.15) is 5.10 Å². The molecule has 1 saturated heterocycles. The van der Waals surface area contributed by atoms with Crippen molar-refractivity contribution in [1.82, 2.24) is 9.91 Å². The second-order valence-corrected chi connectivity index (χ2v) is 7.65. The Morgan fingerprint density at radius 2 is 1.72 bits per heavy atom. The van der Waals surface area contributed by atoms with E-state index < -0.39 is 0 Å².